The van der Waals surface area contributed by atoms with E-state index in [4.69, 9.17) is 10.5 Å². The fourth-order valence-electron chi connectivity index (χ4n) is 1.78. The third-order valence-corrected chi connectivity index (χ3v) is 4.85. The van der Waals surface area contributed by atoms with Gasteiger partial charge in [0.05, 0.1) is 12.2 Å². The van der Waals surface area contributed by atoms with Gasteiger partial charge in [0, 0.05) is 23.4 Å². The number of carbonyl (C=O) groups is 1. The largest absolute Gasteiger partial charge is 0.618 e. The average molecular weight is 335 g/mol. The smallest absolute Gasteiger partial charge is 0.348 e. The Labute approximate surface area is 135 Å². The Hall–Kier alpha value is -2.24. The summed E-state index contributed by atoms with van der Waals surface area (Å²) in [6.45, 7) is 1.95. The predicted molar refractivity (Wildman–Crippen MR) is 84.4 cm³/mol. The van der Waals surface area contributed by atoms with Crippen molar-refractivity contribution in [1.29, 1.82) is 5.26 Å². The average Bonchev–Trinajstić information content (AvgIpc) is 2.82. The normalized spacial score (nSPS) is 10.2. The third kappa shape index (κ3) is 3.32. The van der Waals surface area contributed by atoms with Gasteiger partial charge in [0.2, 0.25) is 0 Å². The summed E-state index contributed by atoms with van der Waals surface area (Å²) in [5.41, 5.74) is 6.58. The van der Waals surface area contributed by atoms with Crippen LogP contribution in [0.25, 0.3) is 0 Å². The van der Waals surface area contributed by atoms with Crippen molar-refractivity contribution in [2.45, 2.75) is 17.7 Å². The SMILES string of the molecule is CCOC(=O)c1sc(N)c(C#N)c1CSc1cccc[n+]1[O-]. The summed E-state index contributed by atoms with van der Waals surface area (Å²) in [4.78, 5) is 12.3. The molecule has 22 heavy (non-hydrogen) atoms. The molecule has 0 unspecified atom stereocenters. The number of hydrogen-bond donors (Lipinski definition) is 1. The number of thioether (sulfide) groups is 1. The number of esters is 1. The van der Waals surface area contributed by atoms with Crippen LogP contribution in [0.4, 0.5) is 5.00 Å². The molecule has 0 saturated carbocycles. The zero-order valence-corrected chi connectivity index (χ0v) is 13.4. The van der Waals surface area contributed by atoms with Gasteiger partial charge in [-0.1, -0.05) is 11.8 Å². The molecule has 0 radical (unpaired) electrons. The van der Waals surface area contributed by atoms with Crippen molar-refractivity contribution < 1.29 is 14.3 Å². The molecule has 2 aromatic heterocycles. The number of aromatic nitrogens is 1. The molecule has 0 aromatic carbocycles. The molecule has 0 fully saturated rings. The van der Waals surface area contributed by atoms with Crippen molar-refractivity contribution in [2.75, 3.05) is 12.3 Å². The molecule has 0 aliphatic heterocycles. The van der Waals surface area contributed by atoms with E-state index in [1.807, 2.05) is 6.07 Å². The summed E-state index contributed by atoms with van der Waals surface area (Å²) in [6, 6.07) is 7.06. The van der Waals surface area contributed by atoms with Gasteiger partial charge in [0.15, 0.2) is 6.20 Å². The van der Waals surface area contributed by atoms with E-state index in [-0.39, 0.29) is 22.9 Å². The number of nitriles is 1. The molecule has 2 aromatic rings. The lowest BCUT2D eigenvalue weighted by Gasteiger charge is -2.05. The van der Waals surface area contributed by atoms with Crippen molar-refractivity contribution in [1.82, 2.24) is 0 Å². The van der Waals surface area contributed by atoms with E-state index in [9.17, 15) is 15.3 Å². The van der Waals surface area contributed by atoms with Crippen molar-refractivity contribution in [3.8, 4) is 6.07 Å². The molecule has 0 spiro atoms. The van der Waals surface area contributed by atoms with Crippen LogP contribution >= 0.6 is 23.1 Å². The fraction of sp³-hybridized carbons (Fsp3) is 0.214. The number of nitrogen functional groups attached to an aromatic ring is 1. The number of hydrogen-bond acceptors (Lipinski definition) is 7. The first-order valence-corrected chi connectivity index (χ1v) is 8.18. The second kappa shape index (κ2) is 7.15. The Morgan fingerprint density at radius 3 is 3.00 bits per heavy atom. The van der Waals surface area contributed by atoms with Gasteiger partial charge >= 0.3 is 5.97 Å². The lowest BCUT2D eigenvalue weighted by Crippen LogP contribution is -2.27. The molecule has 0 aliphatic carbocycles. The van der Waals surface area contributed by atoms with Crippen LogP contribution in [-0.4, -0.2) is 12.6 Å². The number of pyridine rings is 1. The van der Waals surface area contributed by atoms with Gasteiger partial charge in [-0.3, -0.25) is 0 Å². The summed E-state index contributed by atoms with van der Waals surface area (Å²) >= 11 is 2.27. The lowest BCUT2D eigenvalue weighted by molar-refractivity contribution is -0.645. The maximum atomic E-state index is 12.0. The van der Waals surface area contributed by atoms with Crippen LogP contribution in [0.1, 0.15) is 27.7 Å². The molecular weight excluding hydrogens is 322 g/mol. The van der Waals surface area contributed by atoms with Gasteiger partial charge in [-0.15, -0.1) is 11.3 Å². The lowest BCUT2D eigenvalue weighted by atomic mass is 10.2. The quantitative estimate of drug-likeness (QED) is 0.389. The highest BCUT2D eigenvalue weighted by molar-refractivity contribution is 7.98. The fourth-order valence-corrected chi connectivity index (χ4v) is 3.74. The maximum Gasteiger partial charge on any atom is 0.348 e. The van der Waals surface area contributed by atoms with E-state index in [1.165, 1.54) is 18.0 Å². The summed E-state index contributed by atoms with van der Waals surface area (Å²) in [7, 11) is 0. The minimum Gasteiger partial charge on any atom is -0.618 e. The molecule has 8 heteroatoms. The van der Waals surface area contributed by atoms with E-state index >= 15 is 0 Å². The Bertz CT molecular complexity index is 737. The molecule has 2 N–H and O–H groups in total. The standard InChI is InChI=1S/C14H13N3O3S2/c1-2-20-14(18)12-10(9(7-15)13(16)22-12)8-21-11-5-3-4-6-17(11)19/h3-6H,2,8,16H2,1H3. The van der Waals surface area contributed by atoms with Crippen LogP contribution in [-0.2, 0) is 10.5 Å². The summed E-state index contributed by atoms with van der Waals surface area (Å²) < 4.78 is 5.72. The number of nitrogens with zero attached hydrogens (tertiary/aromatic N) is 2. The Morgan fingerprint density at radius 2 is 2.36 bits per heavy atom. The molecule has 2 heterocycles. The zero-order valence-electron chi connectivity index (χ0n) is 11.7. The highest BCUT2D eigenvalue weighted by atomic mass is 32.2. The van der Waals surface area contributed by atoms with Gasteiger partial charge in [-0.25, -0.2) is 4.79 Å². The minimum absolute atomic E-state index is 0.240. The van der Waals surface area contributed by atoms with E-state index in [0.717, 1.165) is 16.1 Å². The van der Waals surface area contributed by atoms with Crippen LogP contribution < -0.4 is 10.5 Å². The highest BCUT2D eigenvalue weighted by Crippen LogP contribution is 2.34. The van der Waals surface area contributed by atoms with Gasteiger partial charge in [-0.05, 0) is 13.0 Å². The first-order chi connectivity index (χ1) is 10.6. The van der Waals surface area contributed by atoms with Crippen molar-refractivity contribution in [3.63, 3.8) is 0 Å². The topological polar surface area (TPSA) is 103 Å². The molecule has 0 aliphatic rings. The Morgan fingerprint density at radius 1 is 1.59 bits per heavy atom. The third-order valence-electron chi connectivity index (χ3n) is 2.76. The number of thiophene rings is 1. The first-order valence-electron chi connectivity index (χ1n) is 6.37. The molecule has 2 rings (SSSR count). The highest BCUT2D eigenvalue weighted by Gasteiger charge is 2.23. The molecule has 6 nitrogen and oxygen atoms in total. The summed E-state index contributed by atoms with van der Waals surface area (Å²) in [5, 5.41) is 21.6. The number of rotatable bonds is 5. The second-order valence-corrected chi connectivity index (χ2v) is 6.18. The zero-order chi connectivity index (χ0) is 16.1. The van der Waals surface area contributed by atoms with Gasteiger partial charge < -0.3 is 15.7 Å². The minimum atomic E-state index is -0.501. The first kappa shape index (κ1) is 16.1. The van der Waals surface area contributed by atoms with E-state index in [0.29, 0.717) is 15.5 Å². The number of ether oxygens (including phenoxy) is 1. The number of nitrogens with two attached hydrogens (primary N) is 1. The second-order valence-electron chi connectivity index (χ2n) is 4.13. The molecule has 0 bridgehead atoms. The molecule has 0 saturated heterocycles. The van der Waals surface area contributed by atoms with E-state index in [2.05, 4.69) is 0 Å². The van der Waals surface area contributed by atoms with Crippen LogP contribution in [0.15, 0.2) is 29.4 Å². The summed E-state index contributed by atoms with van der Waals surface area (Å²) in [6.07, 6.45) is 1.39. The van der Waals surface area contributed by atoms with Crippen LogP contribution in [0, 0.1) is 16.5 Å². The van der Waals surface area contributed by atoms with Crippen LogP contribution in [0.2, 0.25) is 0 Å². The molecule has 114 valence electrons. The van der Waals surface area contributed by atoms with E-state index in [1.54, 1.807) is 25.1 Å². The van der Waals surface area contributed by atoms with Crippen molar-refractivity contribution in [3.05, 3.63) is 45.6 Å². The van der Waals surface area contributed by atoms with Gasteiger partial charge in [-0.2, -0.15) is 9.99 Å². The molecular formula is C14H13N3O3S2. The predicted octanol–water partition coefficient (Wildman–Crippen LogP) is 2.30. The number of anilines is 1. The van der Waals surface area contributed by atoms with Crippen molar-refractivity contribution in [2.24, 2.45) is 0 Å². The Kier molecular flexibility index (Phi) is 5.25. The van der Waals surface area contributed by atoms with Gasteiger partial charge in [0.25, 0.3) is 5.03 Å². The van der Waals surface area contributed by atoms with E-state index < -0.39 is 5.97 Å². The number of carbonyl (C=O) groups excluding carboxylic acids is 1. The molecule has 0 amide bonds. The maximum absolute atomic E-state index is 12.0. The van der Waals surface area contributed by atoms with Gasteiger partial charge in [0.1, 0.15) is 15.9 Å². The Balaban J connectivity index is 2.31. The monoisotopic (exact) mass is 335 g/mol. The van der Waals surface area contributed by atoms with Crippen LogP contribution in [0.5, 0.6) is 0 Å². The van der Waals surface area contributed by atoms with Crippen LogP contribution in [0.3, 0.4) is 0 Å². The summed E-state index contributed by atoms with van der Waals surface area (Å²) in [5.74, 6) is -0.212. The molecule has 0 atom stereocenters. The van der Waals surface area contributed by atoms with Crippen molar-refractivity contribution >= 4 is 34.1 Å².